The molecule has 8 heteroatoms. The zero-order valence-corrected chi connectivity index (χ0v) is 17.5. The first-order valence-corrected chi connectivity index (χ1v) is 10.5. The van der Waals surface area contributed by atoms with E-state index in [1.54, 1.807) is 7.11 Å². The zero-order chi connectivity index (χ0) is 19.9. The van der Waals surface area contributed by atoms with Gasteiger partial charge in [-0.05, 0) is 40.0 Å². The minimum atomic E-state index is -0.201. The number of morpholine rings is 1. The molecule has 156 valence electrons. The molecule has 1 unspecified atom stereocenters. The third-order valence-corrected chi connectivity index (χ3v) is 6.81. The summed E-state index contributed by atoms with van der Waals surface area (Å²) in [7, 11) is 1.70. The van der Waals surface area contributed by atoms with Gasteiger partial charge in [-0.2, -0.15) is 0 Å². The average molecular weight is 392 g/mol. The maximum Gasteiger partial charge on any atom is 0.222 e. The van der Waals surface area contributed by atoms with E-state index in [-0.39, 0.29) is 29.2 Å². The summed E-state index contributed by atoms with van der Waals surface area (Å²) < 4.78 is 13.5. The molecular weight excluding hydrogens is 358 g/mol. The number of hydrogen-bond acceptors (Lipinski definition) is 6. The van der Waals surface area contributed by atoms with Crippen LogP contribution in [0.25, 0.3) is 0 Å². The Morgan fingerprint density at radius 1 is 1.46 bits per heavy atom. The van der Waals surface area contributed by atoms with Crippen molar-refractivity contribution in [2.75, 3.05) is 20.3 Å². The van der Waals surface area contributed by atoms with Crippen LogP contribution >= 0.6 is 0 Å². The Kier molecular flexibility index (Phi) is 5.22. The largest absolute Gasteiger partial charge is 0.376 e. The summed E-state index contributed by atoms with van der Waals surface area (Å²) in [5.41, 5.74) is 0.895. The summed E-state index contributed by atoms with van der Waals surface area (Å²) in [6, 6.07) is 0.425. The van der Waals surface area contributed by atoms with Gasteiger partial charge < -0.3 is 14.8 Å². The molecule has 1 N–H and O–H groups in total. The van der Waals surface area contributed by atoms with Crippen LogP contribution in [0.2, 0.25) is 0 Å². The van der Waals surface area contributed by atoms with Gasteiger partial charge in [-0.15, -0.1) is 5.10 Å². The fraction of sp³-hybridized carbons (Fsp3) is 0.850. The number of aromatic nitrogens is 3. The lowest BCUT2D eigenvalue weighted by Gasteiger charge is -2.54. The van der Waals surface area contributed by atoms with Gasteiger partial charge in [-0.3, -0.25) is 9.69 Å². The SMILES string of the molecule is CO[C@@]1(C)C[C@H]1NC(=O)CC1CN(Cc2cn(C(C)C)nn2)C2(CCC2)CO1. The van der Waals surface area contributed by atoms with Gasteiger partial charge in [0.15, 0.2) is 0 Å². The number of nitrogens with one attached hydrogen (secondary N) is 1. The molecule has 2 heterocycles. The van der Waals surface area contributed by atoms with E-state index < -0.39 is 0 Å². The minimum Gasteiger partial charge on any atom is -0.376 e. The smallest absolute Gasteiger partial charge is 0.222 e. The average Bonchev–Trinajstić information content (AvgIpc) is 3.02. The van der Waals surface area contributed by atoms with Crippen molar-refractivity contribution < 1.29 is 14.3 Å². The van der Waals surface area contributed by atoms with Crippen molar-refractivity contribution >= 4 is 5.91 Å². The van der Waals surface area contributed by atoms with Crippen molar-refractivity contribution in [3.05, 3.63) is 11.9 Å². The van der Waals surface area contributed by atoms with Gasteiger partial charge in [0.2, 0.25) is 5.91 Å². The van der Waals surface area contributed by atoms with E-state index in [0.717, 1.165) is 38.0 Å². The Labute approximate surface area is 166 Å². The van der Waals surface area contributed by atoms with E-state index in [9.17, 15) is 4.79 Å². The van der Waals surface area contributed by atoms with E-state index in [2.05, 4.69) is 34.4 Å². The second-order valence-corrected chi connectivity index (χ2v) is 9.22. The third kappa shape index (κ3) is 3.82. The van der Waals surface area contributed by atoms with Gasteiger partial charge in [0.05, 0.1) is 42.7 Å². The normalized spacial score (nSPS) is 31.8. The number of rotatable bonds is 7. The van der Waals surface area contributed by atoms with Crippen molar-refractivity contribution in [3.63, 3.8) is 0 Å². The van der Waals surface area contributed by atoms with Gasteiger partial charge in [-0.25, -0.2) is 4.68 Å². The molecule has 3 atom stereocenters. The number of carbonyl (C=O) groups excluding carboxylic acids is 1. The number of methoxy groups -OCH3 is 1. The van der Waals surface area contributed by atoms with Crippen LogP contribution in [0.5, 0.6) is 0 Å². The molecule has 1 spiro atoms. The molecule has 1 amide bonds. The Morgan fingerprint density at radius 2 is 2.25 bits per heavy atom. The highest BCUT2D eigenvalue weighted by Crippen LogP contribution is 2.42. The Morgan fingerprint density at radius 3 is 2.82 bits per heavy atom. The first-order chi connectivity index (χ1) is 13.3. The molecule has 2 aliphatic carbocycles. The lowest BCUT2D eigenvalue weighted by molar-refractivity contribution is -0.154. The van der Waals surface area contributed by atoms with E-state index in [4.69, 9.17) is 9.47 Å². The van der Waals surface area contributed by atoms with Crippen LogP contribution in [-0.4, -0.2) is 69.3 Å². The monoisotopic (exact) mass is 391 g/mol. The van der Waals surface area contributed by atoms with Crippen molar-refractivity contribution in [3.8, 4) is 0 Å². The third-order valence-electron chi connectivity index (χ3n) is 6.81. The lowest BCUT2D eigenvalue weighted by Crippen LogP contribution is -2.62. The standard InChI is InChI=1S/C20H33N5O3/c1-14(2)25-11-15(22-23-25)10-24-12-16(28-13-20(24)6-5-7-20)8-18(26)21-17-9-19(17,3)27-4/h11,14,16-17H,5-10,12-13H2,1-4H3,(H,21,26)/t16?,17-,19+/m1/s1. The highest BCUT2D eigenvalue weighted by Gasteiger charge is 2.52. The second kappa shape index (κ2) is 7.39. The van der Waals surface area contributed by atoms with Crippen molar-refractivity contribution in [2.45, 2.75) is 88.7 Å². The van der Waals surface area contributed by atoms with Crippen molar-refractivity contribution in [1.29, 1.82) is 0 Å². The minimum absolute atomic E-state index is 0.0473. The summed E-state index contributed by atoms with van der Waals surface area (Å²) in [4.78, 5) is 14.9. The van der Waals surface area contributed by atoms with Crippen LogP contribution in [0.3, 0.4) is 0 Å². The van der Waals surface area contributed by atoms with E-state index in [0.29, 0.717) is 19.1 Å². The summed E-state index contributed by atoms with van der Waals surface area (Å²) in [5.74, 6) is 0.0473. The molecule has 1 saturated heterocycles. The predicted octanol–water partition coefficient (Wildman–Crippen LogP) is 1.67. The first kappa shape index (κ1) is 19.8. The van der Waals surface area contributed by atoms with Crippen molar-refractivity contribution in [1.82, 2.24) is 25.2 Å². The van der Waals surface area contributed by atoms with Gasteiger partial charge in [-0.1, -0.05) is 5.21 Å². The van der Waals surface area contributed by atoms with Gasteiger partial charge in [0.25, 0.3) is 0 Å². The lowest BCUT2D eigenvalue weighted by atomic mass is 9.74. The Hall–Kier alpha value is -1.51. The number of carbonyl (C=O) groups is 1. The van der Waals surface area contributed by atoms with Gasteiger partial charge in [0.1, 0.15) is 0 Å². The molecule has 0 radical (unpaired) electrons. The summed E-state index contributed by atoms with van der Waals surface area (Å²) in [6.07, 6.45) is 6.76. The number of ether oxygens (including phenoxy) is 2. The number of amides is 1. The fourth-order valence-corrected chi connectivity index (χ4v) is 4.33. The topological polar surface area (TPSA) is 81.5 Å². The van der Waals surface area contributed by atoms with Crippen LogP contribution in [0.15, 0.2) is 6.20 Å². The quantitative estimate of drug-likeness (QED) is 0.761. The molecule has 1 aromatic heterocycles. The number of hydrogen-bond donors (Lipinski definition) is 1. The van der Waals surface area contributed by atoms with Gasteiger partial charge in [0, 0.05) is 38.2 Å². The highest BCUT2D eigenvalue weighted by molar-refractivity contribution is 5.77. The van der Waals surface area contributed by atoms with E-state index in [1.165, 1.54) is 6.42 Å². The highest BCUT2D eigenvalue weighted by atomic mass is 16.5. The summed E-state index contributed by atoms with van der Waals surface area (Å²) in [6.45, 7) is 8.45. The molecule has 3 aliphatic rings. The fourth-order valence-electron chi connectivity index (χ4n) is 4.33. The zero-order valence-electron chi connectivity index (χ0n) is 17.5. The number of nitrogens with zero attached hydrogens (tertiary/aromatic N) is 4. The molecule has 1 aliphatic heterocycles. The molecule has 4 rings (SSSR count). The molecule has 1 aromatic rings. The van der Waals surface area contributed by atoms with Crippen LogP contribution in [-0.2, 0) is 20.8 Å². The second-order valence-electron chi connectivity index (χ2n) is 9.22. The van der Waals surface area contributed by atoms with E-state index in [1.807, 2.05) is 17.8 Å². The van der Waals surface area contributed by atoms with Crippen LogP contribution in [0.1, 0.15) is 64.6 Å². The summed E-state index contributed by atoms with van der Waals surface area (Å²) >= 11 is 0. The van der Waals surface area contributed by atoms with E-state index >= 15 is 0 Å². The molecule has 3 fully saturated rings. The van der Waals surface area contributed by atoms with Crippen LogP contribution < -0.4 is 5.32 Å². The Bertz CT molecular complexity index is 716. The molecular formula is C20H33N5O3. The molecule has 2 saturated carbocycles. The van der Waals surface area contributed by atoms with Crippen LogP contribution in [0, 0.1) is 0 Å². The Balaban J connectivity index is 1.35. The van der Waals surface area contributed by atoms with Crippen LogP contribution in [0.4, 0.5) is 0 Å². The predicted molar refractivity (Wildman–Crippen MR) is 104 cm³/mol. The molecule has 28 heavy (non-hydrogen) atoms. The van der Waals surface area contributed by atoms with Gasteiger partial charge >= 0.3 is 0 Å². The summed E-state index contributed by atoms with van der Waals surface area (Å²) in [5, 5.41) is 11.7. The molecule has 0 bridgehead atoms. The van der Waals surface area contributed by atoms with Crippen molar-refractivity contribution in [2.24, 2.45) is 0 Å². The maximum absolute atomic E-state index is 12.5. The maximum atomic E-state index is 12.5. The molecule has 0 aromatic carbocycles. The first-order valence-electron chi connectivity index (χ1n) is 10.5. The molecule has 8 nitrogen and oxygen atoms in total.